The van der Waals surface area contributed by atoms with E-state index in [1.807, 2.05) is 6.08 Å². The fraction of sp³-hybridized carbons (Fsp3) is 0.529. The lowest BCUT2D eigenvalue weighted by Gasteiger charge is -2.25. The lowest BCUT2D eigenvalue weighted by Crippen LogP contribution is -2.42. The van der Waals surface area contributed by atoms with Gasteiger partial charge in [-0.2, -0.15) is 0 Å². The van der Waals surface area contributed by atoms with Crippen molar-refractivity contribution in [2.75, 3.05) is 7.11 Å². The van der Waals surface area contributed by atoms with Gasteiger partial charge in [0.2, 0.25) is 5.91 Å². The SMILES string of the molecule is COC1=CC(/C=C/C(=O)NC2C=CCCC2C(=O)O)CCC1O. The maximum atomic E-state index is 12.0. The van der Waals surface area contributed by atoms with Crippen LogP contribution >= 0.6 is 0 Å². The topological polar surface area (TPSA) is 95.9 Å². The number of hydrogen-bond donors (Lipinski definition) is 3. The Morgan fingerprint density at radius 1 is 1.35 bits per heavy atom. The van der Waals surface area contributed by atoms with Crippen LogP contribution in [0.4, 0.5) is 0 Å². The number of nitrogens with one attached hydrogen (secondary N) is 1. The number of carboxylic acids is 1. The van der Waals surface area contributed by atoms with Gasteiger partial charge in [0.05, 0.1) is 19.1 Å². The fourth-order valence-electron chi connectivity index (χ4n) is 2.94. The van der Waals surface area contributed by atoms with E-state index in [1.54, 1.807) is 18.2 Å². The van der Waals surface area contributed by atoms with Crippen LogP contribution in [0.15, 0.2) is 36.1 Å². The molecular weight excluding hydrogens is 298 g/mol. The minimum Gasteiger partial charge on any atom is -0.499 e. The molecule has 0 spiro atoms. The second-order valence-electron chi connectivity index (χ2n) is 5.87. The Balaban J connectivity index is 1.94. The fourth-order valence-corrected chi connectivity index (χ4v) is 2.94. The van der Waals surface area contributed by atoms with Crippen molar-refractivity contribution in [1.82, 2.24) is 5.32 Å². The van der Waals surface area contributed by atoms with Crippen molar-refractivity contribution in [1.29, 1.82) is 0 Å². The number of carbonyl (C=O) groups is 2. The number of ether oxygens (including phenoxy) is 1. The van der Waals surface area contributed by atoms with E-state index >= 15 is 0 Å². The molecule has 0 saturated heterocycles. The molecule has 0 aromatic heterocycles. The highest BCUT2D eigenvalue weighted by Gasteiger charge is 2.28. The van der Waals surface area contributed by atoms with Crippen molar-refractivity contribution in [2.24, 2.45) is 11.8 Å². The Morgan fingerprint density at radius 3 is 2.83 bits per heavy atom. The van der Waals surface area contributed by atoms with Crippen LogP contribution in [0.2, 0.25) is 0 Å². The molecule has 2 aliphatic rings. The zero-order chi connectivity index (χ0) is 16.8. The normalized spacial score (nSPS) is 30.8. The van der Waals surface area contributed by atoms with E-state index in [9.17, 15) is 19.8 Å². The first-order chi connectivity index (χ1) is 11.0. The Kier molecular flexibility index (Phi) is 5.98. The van der Waals surface area contributed by atoms with Crippen molar-refractivity contribution >= 4 is 11.9 Å². The van der Waals surface area contributed by atoms with Crippen molar-refractivity contribution in [3.63, 3.8) is 0 Å². The summed E-state index contributed by atoms with van der Waals surface area (Å²) in [6.45, 7) is 0. The maximum absolute atomic E-state index is 12.0. The number of aliphatic hydroxyl groups is 1. The summed E-state index contributed by atoms with van der Waals surface area (Å²) in [4.78, 5) is 23.2. The van der Waals surface area contributed by atoms with Gasteiger partial charge in [-0.15, -0.1) is 0 Å². The van der Waals surface area contributed by atoms with Crippen LogP contribution in [-0.2, 0) is 14.3 Å². The second-order valence-corrected chi connectivity index (χ2v) is 5.87. The highest BCUT2D eigenvalue weighted by molar-refractivity contribution is 5.88. The Bertz CT molecular complexity index is 537. The lowest BCUT2D eigenvalue weighted by molar-refractivity contribution is -0.142. The molecule has 0 aliphatic heterocycles. The van der Waals surface area contributed by atoms with Gasteiger partial charge >= 0.3 is 5.97 Å². The Labute approximate surface area is 135 Å². The van der Waals surface area contributed by atoms with E-state index in [1.165, 1.54) is 13.2 Å². The summed E-state index contributed by atoms with van der Waals surface area (Å²) in [6.07, 6.45) is 10.6. The highest BCUT2D eigenvalue weighted by Crippen LogP contribution is 2.24. The van der Waals surface area contributed by atoms with Gasteiger partial charge < -0.3 is 20.3 Å². The summed E-state index contributed by atoms with van der Waals surface area (Å²) in [5.74, 6) is -1.24. The summed E-state index contributed by atoms with van der Waals surface area (Å²) < 4.78 is 5.10. The minimum absolute atomic E-state index is 0.0243. The number of aliphatic carboxylic acids is 1. The molecule has 0 bridgehead atoms. The monoisotopic (exact) mass is 321 g/mol. The Morgan fingerprint density at radius 2 is 2.13 bits per heavy atom. The van der Waals surface area contributed by atoms with E-state index < -0.39 is 24.0 Å². The van der Waals surface area contributed by atoms with Gasteiger partial charge in [-0.1, -0.05) is 18.2 Å². The number of methoxy groups -OCH3 is 1. The van der Waals surface area contributed by atoms with Crippen LogP contribution in [0.3, 0.4) is 0 Å². The zero-order valence-corrected chi connectivity index (χ0v) is 13.1. The summed E-state index contributed by atoms with van der Waals surface area (Å²) in [6, 6.07) is -0.475. The van der Waals surface area contributed by atoms with Crippen molar-refractivity contribution in [3.05, 3.63) is 36.1 Å². The van der Waals surface area contributed by atoms with Crippen LogP contribution in [0.5, 0.6) is 0 Å². The molecule has 2 rings (SSSR count). The van der Waals surface area contributed by atoms with Gasteiger partial charge in [0.25, 0.3) is 0 Å². The van der Waals surface area contributed by atoms with Crippen molar-refractivity contribution < 1.29 is 24.5 Å². The maximum Gasteiger partial charge on any atom is 0.308 e. The number of allylic oxidation sites excluding steroid dienone is 3. The third kappa shape index (κ3) is 4.69. The van der Waals surface area contributed by atoms with Crippen LogP contribution < -0.4 is 5.32 Å². The predicted octanol–water partition coefficient (Wildman–Crippen LogP) is 1.38. The van der Waals surface area contributed by atoms with Gasteiger partial charge in [0, 0.05) is 0 Å². The van der Waals surface area contributed by atoms with Crippen LogP contribution in [0, 0.1) is 11.8 Å². The average Bonchev–Trinajstić information content (AvgIpc) is 2.54. The molecule has 0 aromatic carbocycles. The standard InChI is InChI=1S/C17H23NO5/c1-23-15-10-11(6-8-14(15)19)7-9-16(20)18-13-5-3-2-4-12(13)17(21)22/h3,5,7,9-14,19H,2,4,6,8H2,1H3,(H,18,20)(H,21,22)/b9-7+. The summed E-state index contributed by atoms with van der Waals surface area (Å²) >= 11 is 0. The number of carboxylic acid groups (broad SMARTS) is 1. The summed E-state index contributed by atoms with van der Waals surface area (Å²) in [5.41, 5.74) is 0. The van der Waals surface area contributed by atoms with E-state index in [2.05, 4.69) is 5.32 Å². The van der Waals surface area contributed by atoms with Gasteiger partial charge in [-0.3, -0.25) is 9.59 Å². The smallest absolute Gasteiger partial charge is 0.308 e. The van der Waals surface area contributed by atoms with Gasteiger partial charge in [0.1, 0.15) is 11.9 Å². The average molecular weight is 321 g/mol. The highest BCUT2D eigenvalue weighted by atomic mass is 16.5. The third-order valence-corrected chi connectivity index (χ3v) is 4.26. The minimum atomic E-state index is -0.891. The molecule has 3 N–H and O–H groups in total. The van der Waals surface area contributed by atoms with E-state index in [4.69, 9.17) is 4.74 Å². The molecule has 0 fully saturated rings. The van der Waals surface area contributed by atoms with Gasteiger partial charge in [-0.25, -0.2) is 0 Å². The molecule has 23 heavy (non-hydrogen) atoms. The van der Waals surface area contributed by atoms with Crippen LogP contribution in [0.1, 0.15) is 25.7 Å². The van der Waals surface area contributed by atoms with Crippen molar-refractivity contribution in [3.8, 4) is 0 Å². The molecule has 6 nitrogen and oxygen atoms in total. The molecule has 1 amide bonds. The number of aliphatic hydroxyl groups excluding tert-OH is 1. The third-order valence-electron chi connectivity index (χ3n) is 4.26. The zero-order valence-electron chi connectivity index (χ0n) is 13.1. The van der Waals surface area contributed by atoms with Gasteiger partial charge in [0.15, 0.2) is 0 Å². The molecule has 0 radical (unpaired) electrons. The summed E-state index contributed by atoms with van der Waals surface area (Å²) in [7, 11) is 1.51. The molecule has 0 saturated carbocycles. The first-order valence-corrected chi connectivity index (χ1v) is 7.83. The number of amides is 1. The molecule has 4 unspecified atom stereocenters. The molecule has 126 valence electrons. The Hall–Kier alpha value is -2.08. The quantitative estimate of drug-likeness (QED) is 0.525. The molecular formula is C17H23NO5. The van der Waals surface area contributed by atoms with E-state index in [0.29, 0.717) is 25.0 Å². The van der Waals surface area contributed by atoms with Crippen LogP contribution in [-0.4, -0.2) is 41.3 Å². The van der Waals surface area contributed by atoms with Crippen LogP contribution in [0.25, 0.3) is 0 Å². The first-order valence-electron chi connectivity index (χ1n) is 7.83. The molecule has 2 aliphatic carbocycles. The van der Waals surface area contributed by atoms with Crippen molar-refractivity contribution in [2.45, 2.75) is 37.8 Å². The summed E-state index contributed by atoms with van der Waals surface area (Å²) in [5, 5.41) is 21.6. The number of hydrogen-bond acceptors (Lipinski definition) is 4. The number of carbonyl (C=O) groups excluding carboxylic acids is 1. The van der Waals surface area contributed by atoms with E-state index in [-0.39, 0.29) is 11.8 Å². The van der Waals surface area contributed by atoms with Gasteiger partial charge in [-0.05, 0) is 43.8 Å². The second kappa shape index (κ2) is 7.97. The lowest BCUT2D eigenvalue weighted by atomic mass is 9.89. The largest absolute Gasteiger partial charge is 0.499 e. The first kappa shape index (κ1) is 17.3. The number of rotatable bonds is 5. The predicted molar refractivity (Wildman–Crippen MR) is 84.4 cm³/mol. The molecule has 6 heteroatoms. The van der Waals surface area contributed by atoms with E-state index in [0.717, 1.165) is 6.42 Å². The molecule has 4 atom stereocenters. The molecule has 0 heterocycles. The molecule has 0 aromatic rings.